The lowest BCUT2D eigenvalue weighted by Crippen LogP contribution is -2.05. The molecule has 0 amide bonds. The molecule has 0 aliphatic heterocycles. The Hall–Kier alpha value is -1.40. The van der Waals surface area contributed by atoms with Crippen LogP contribution in [0.5, 0.6) is 0 Å². The summed E-state index contributed by atoms with van der Waals surface area (Å²) < 4.78 is 7.98. The molecule has 2 heterocycles. The van der Waals surface area contributed by atoms with Crippen LogP contribution in [0.3, 0.4) is 0 Å². The van der Waals surface area contributed by atoms with Gasteiger partial charge < -0.3 is 9.09 Å². The number of hydrogen-bond acceptors (Lipinski definition) is 4. The van der Waals surface area contributed by atoms with E-state index in [9.17, 15) is 0 Å². The van der Waals surface area contributed by atoms with Crippen molar-refractivity contribution in [3.63, 3.8) is 0 Å². The molecule has 0 bridgehead atoms. The van der Waals surface area contributed by atoms with E-state index in [0.717, 1.165) is 21.3 Å². The highest BCUT2D eigenvalue weighted by Gasteiger charge is 2.13. The van der Waals surface area contributed by atoms with E-state index in [1.54, 1.807) is 6.92 Å². The Morgan fingerprint density at radius 2 is 2.21 bits per heavy atom. The fourth-order valence-corrected chi connectivity index (χ4v) is 2.52. The molecule has 0 spiro atoms. The molecule has 3 aromatic rings. The molecule has 0 atom stereocenters. The molecule has 0 aliphatic carbocycles. The van der Waals surface area contributed by atoms with E-state index in [2.05, 4.69) is 31.1 Å². The summed E-state index contributed by atoms with van der Waals surface area (Å²) in [6.07, 6.45) is 0. The third-order valence-corrected chi connectivity index (χ3v) is 3.51. The van der Waals surface area contributed by atoms with Crippen LogP contribution in [0, 0.1) is 6.92 Å². The molecule has 0 unspecified atom stereocenters. The summed E-state index contributed by atoms with van der Waals surface area (Å²) in [7, 11) is 0. The fraction of sp³-hybridized carbons (Fsp3) is 0.250. The average molecular weight is 342 g/mol. The van der Waals surface area contributed by atoms with Gasteiger partial charge in [0.1, 0.15) is 5.82 Å². The van der Waals surface area contributed by atoms with Gasteiger partial charge in [-0.2, -0.15) is 4.98 Å². The summed E-state index contributed by atoms with van der Waals surface area (Å²) in [5.74, 6) is 2.29. The number of nitrogens with zero attached hydrogens (tertiary/aromatic N) is 4. The van der Waals surface area contributed by atoms with E-state index in [1.807, 2.05) is 22.8 Å². The quantitative estimate of drug-likeness (QED) is 0.686. The SMILES string of the molecule is Cc1nc(Cn2c(CCl)nc3ccc(Br)cc32)no1. The highest BCUT2D eigenvalue weighted by molar-refractivity contribution is 9.10. The second-order valence-corrected chi connectivity index (χ2v) is 5.29. The van der Waals surface area contributed by atoms with Crippen molar-refractivity contribution < 1.29 is 4.52 Å². The van der Waals surface area contributed by atoms with Crippen LogP contribution in [0.2, 0.25) is 0 Å². The summed E-state index contributed by atoms with van der Waals surface area (Å²) in [6.45, 7) is 2.26. The number of alkyl halides is 1. The van der Waals surface area contributed by atoms with E-state index in [4.69, 9.17) is 16.1 Å². The Morgan fingerprint density at radius 1 is 1.37 bits per heavy atom. The summed E-state index contributed by atoms with van der Waals surface area (Å²) in [6, 6.07) is 5.91. The van der Waals surface area contributed by atoms with Crippen LogP contribution < -0.4 is 0 Å². The molecule has 0 radical (unpaired) electrons. The van der Waals surface area contributed by atoms with Gasteiger partial charge in [-0.3, -0.25) is 0 Å². The van der Waals surface area contributed by atoms with Crippen molar-refractivity contribution in [2.75, 3.05) is 0 Å². The molecule has 0 fully saturated rings. The van der Waals surface area contributed by atoms with Gasteiger partial charge in [0.05, 0.1) is 23.5 Å². The van der Waals surface area contributed by atoms with Gasteiger partial charge in [-0.1, -0.05) is 21.1 Å². The first-order valence-corrected chi connectivity index (χ1v) is 7.00. The van der Waals surface area contributed by atoms with E-state index in [1.165, 1.54) is 0 Å². The molecule has 0 aliphatic rings. The van der Waals surface area contributed by atoms with Gasteiger partial charge >= 0.3 is 0 Å². The third-order valence-electron chi connectivity index (χ3n) is 2.78. The second kappa shape index (κ2) is 4.94. The van der Waals surface area contributed by atoms with E-state index in [0.29, 0.717) is 24.1 Å². The maximum absolute atomic E-state index is 5.96. The molecule has 19 heavy (non-hydrogen) atoms. The Labute approximate surface area is 122 Å². The monoisotopic (exact) mass is 340 g/mol. The predicted octanol–water partition coefficient (Wildman–Crippen LogP) is 3.28. The highest BCUT2D eigenvalue weighted by atomic mass is 79.9. The van der Waals surface area contributed by atoms with Crippen LogP contribution >= 0.6 is 27.5 Å². The number of fused-ring (bicyclic) bond motifs is 1. The second-order valence-electron chi connectivity index (χ2n) is 4.11. The first-order chi connectivity index (χ1) is 9.17. The van der Waals surface area contributed by atoms with E-state index >= 15 is 0 Å². The molecule has 0 N–H and O–H groups in total. The van der Waals surface area contributed by atoms with Gasteiger partial charge in [-0.25, -0.2) is 4.98 Å². The molecule has 2 aromatic heterocycles. The summed E-state index contributed by atoms with van der Waals surface area (Å²) in [5.41, 5.74) is 1.89. The minimum absolute atomic E-state index is 0.336. The van der Waals surface area contributed by atoms with Crippen LogP contribution in [-0.2, 0) is 12.4 Å². The van der Waals surface area contributed by atoms with Crippen LogP contribution in [0.1, 0.15) is 17.5 Å². The van der Waals surface area contributed by atoms with Gasteiger partial charge in [0.25, 0.3) is 0 Å². The molecule has 1 aromatic carbocycles. The predicted molar refractivity (Wildman–Crippen MR) is 75.1 cm³/mol. The molecule has 0 saturated carbocycles. The topological polar surface area (TPSA) is 56.7 Å². The lowest BCUT2D eigenvalue weighted by molar-refractivity contribution is 0.386. The van der Waals surface area contributed by atoms with Crippen LogP contribution in [0.4, 0.5) is 0 Å². The van der Waals surface area contributed by atoms with Crippen molar-refractivity contribution >= 4 is 38.6 Å². The number of rotatable bonds is 3. The zero-order valence-electron chi connectivity index (χ0n) is 10.1. The number of halogens is 2. The molecule has 5 nitrogen and oxygen atoms in total. The molecular weight excluding hydrogens is 332 g/mol. The molecule has 7 heteroatoms. The smallest absolute Gasteiger partial charge is 0.223 e. The maximum atomic E-state index is 5.96. The van der Waals surface area contributed by atoms with Gasteiger partial charge in [0.15, 0.2) is 5.82 Å². The standard InChI is InChI=1S/C12H10BrClN4O/c1-7-15-11(17-19-7)6-18-10-4-8(13)2-3-9(10)16-12(18)5-14/h2-4H,5-6H2,1H3. The third kappa shape index (κ3) is 2.37. The van der Waals surface area contributed by atoms with Gasteiger partial charge in [-0.15, -0.1) is 11.6 Å². The first kappa shape index (κ1) is 12.6. The first-order valence-electron chi connectivity index (χ1n) is 5.67. The molecular formula is C12H10BrClN4O. The molecule has 0 saturated heterocycles. The lowest BCUT2D eigenvalue weighted by atomic mass is 10.3. The Balaban J connectivity index is 2.12. The summed E-state index contributed by atoms with van der Waals surface area (Å²) in [5, 5.41) is 3.91. The minimum atomic E-state index is 0.336. The van der Waals surface area contributed by atoms with Crippen molar-refractivity contribution in [1.29, 1.82) is 0 Å². The van der Waals surface area contributed by atoms with Crippen LogP contribution in [-0.4, -0.2) is 19.7 Å². The Kier molecular flexibility index (Phi) is 3.28. The largest absolute Gasteiger partial charge is 0.340 e. The lowest BCUT2D eigenvalue weighted by Gasteiger charge is -2.04. The van der Waals surface area contributed by atoms with Gasteiger partial charge in [0, 0.05) is 11.4 Å². The normalized spacial score (nSPS) is 11.3. The van der Waals surface area contributed by atoms with Crippen molar-refractivity contribution in [2.45, 2.75) is 19.3 Å². The Bertz CT molecular complexity index is 736. The Morgan fingerprint density at radius 3 is 2.89 bits per heavy atom. The van der Waals surface area contributed by atoms with Crippen molar-refractivity contribution in [2.24, 2.45) is 0 Å². The summed E-state index contributed by atoms with van der Waals surface area (Å²) in [4.78, 5) is 8.71. The van der Waals surface area contributed by atoms with Crippen LogP contribution in [0.25, 0.3) is 11.0 Å². The van der Waals surface area contributed by atoms with E-state index in [-0.39, 0.29) is 0 Å². The number of hydrogen-bond donors (Lipinski definition) is 0. The minimum Gasteiger partial charge on any atom is -0.340 e. The number of aryl methyl sites for hydroxylation is 1. The van der Waals surface area contributed by atoms with Crippen LogP contribution in [0.15, 0.2) is 27.2 Å². The number of imidazole rings is 1. The van der Waals surface area contributed by atoms with Gasteiger partial charge in [-0.05, 0) is 18.2 Å². The highest BCUT2D eigenvalue weighted by Crippen LogP contribution is 2.22. The maximum Gasteiger partial charge on any atom is 0.223 e. The van der Waals surface area contributed by atoms with E-state index < -0.39 is 0 Å². The fourth-order valence-electron chi connectivity index (χ4n) is 1.97. The van der Waals surface area contributed by atoms with Crippen molar-refractivity contribution in [3.8, 4) is 0 Å². The molecule has 3 rings (SSSR count). The molecule has 98 valence electrons. The number of benzene rings is 1. The van der Waals surface area contributed by atoms with Gasteiger partial charge in [0.2, 0.25) is 5.89 Å². The summed E-state index contributed by atoms with van der Waals surface area (Å²) >= 11 is 9.42. The van der Waals surface area contributed by atoms with Crippen molar-refractivity contribution in [1.82, 2.24) is 19.7 Å². The number of aromatic nitrogens is 4. The van der Waals surface area contributed by atoms with Crippen molar-refractivity contribution in [3.05, 3.63) is 40.2 Å². The zero-order valence-corrected chi connectivity index (χ0v) is 12.4. The average Bonchev–Trinajstić information content (AvgIpc) is 2.94. The zero-order chi connectivity index (χ0) is 13.4.